The summed E-state index contributed by atoms with van der Waals surface area (Å²) in [6.45, 7) is 1.78. The smallest absolute Gasteiger partial charge is 0.275 e. The summed E-state index contributed by atoms with van der Waals surface area (Å²) < 4.78 is 14.7. The molecule has 1 amide bonds. The largest absolute Gasteiger partial charge is 0.505 e. The number of nitrogens with one attached hydrogen (secondary N) is 1. The van der Waals surface area contributed by atoms with E-state index in [0.29, 0.717) is 11.3 Å². The van der Waals surface area contributed by atoms with Gasteiger partial charge in [0.25, 0.3) is 11.5 Å². The molecule has 0 saturated carbocycles. The standard InChI is InChI=1S/C19H16FN3O3/c1-12-5-4-7-14(9-12)23-17(25)10-16(24)18(22-23)19(26)21-11-13-6-2-3-8-15(13)20/h2-10,24H,11H2,1H3,(H,21,26). The van der Waals surface area contributed by atoms with Crippen LogP contribution < -0.4 is 10.9 Å². The van der Waals surface area contributed by atoms with Crippen LogP contribution in [0.3, 0.4) is 0 Å². The number of halogens is 1. The van der Waals surface area contributed by atoms with Gasteiger partial charge in [-0.3, -0.25) is 9.59 Å². The van der Waals surface area contributed by atoms with Crippen LogP contribution in [0.5, 0.6) is 5.75 Å². The number of aryl methyl sites for hydroxylation is 1. The molecule has 0 radical (unpaired) electrons. The van der Waals surface area contributed by atoms with E-state index in [1.54, 1.807) is 30.3 Å². The van der Waals surface area contributed by atoms with Gasteiger partial charge in [0.15, 0.2) is 11.4 Å². The molecular weight excluding hydrogens is 337 g/mol. The first-order chi connectivity index (χ1) is 12.5. The number of hydrogen-bond acceptors (Lipinski definition) is 4. The van der Waals surface area contributed by atoms with Gasteiger partial charge in [0.05, 0.1) is 5.69 Å². The molecule has 2 N–H and O–H groups in total. The van der Waals surface area contributed by atoms with Crippen molar-refractivity contribution in [2.75, 3.05) is 0 Å². The fourth-order valence-electron chi connectivity index (χ4n) is 2.45. The van der Waals surface area contributed by atoms with Gasteiger partial charge >= 0.3 is 0 Å². The third-order valence-corrected chi connectivity index (χ3v) is 3.77. The Morgan fingerprint density at radius 2 is 1.96 bits per heavy atom. The van der Waals surface area contributed by atoms with E-state index >= 15 is 0 Å². The summed E-state index contributed by atoms with van der Waals surface area (Å²) in [6, 6.07) is 14.0. The molecule has 132 valence electrons. The first kappa shape index (κ1) is 17.3. The van der Waals surface area contributed by atoms with E-state index < -0.39 is 23.0 Å². The number of hydrogen-bond donors (Lipinski definition) is 2. The number of rotatable bonds is 4. The minimum atomic E-state index is -0.716. The lowest BCUT2D eigenvalue weighted by Crippen LogP contribution is -2.29. The van der Waals surface area contributed by atoms with Crippen molar-refractivity contribution in [3.8, 4) is 11.4 Å². The Labute approximate surface area is 148 Å². The highest BCUT2D eigenvalue weighted by Gasteiger charge is 2.17. The third kappa shape index (κ3) is 3.61. The molecule has 3 rings (SSSR count). The van der Waals surface area contributed by atoms with Crippen LogP contribution in [0.15, 0.2) is 59.4 Å². The van der Waals surface area contributed by atoms with Crippen LogP contribution in [0.1, 0.15) is 21.6 Å². The van der Waals surface area contributed by atoms with Crippen LogP contribution in [0.4, 0.5) is 4.39 Å². The van der Waals surface area contributed by atoms with Crippen LogP contribution in [-0.2, 0) is 6.54 Å². The third-order valence-electron chi connectivity index (χ3n) is 3.77. The Kier molecular flexibility index (Phi) is 4.79. The van der Waals surface area contributed by atoms with Gasteiger partial charge in [-0.25, -0.2) is 4.39 Å². The summed E-state index contributed by atoms with van der Waals surface area (Å²) in [5.74, 6) is -1.70. The fourth-order valence-corrected chi connectivity index (χ4v) is 2.45. The summed E-state index contributed by atoms with van der Waals surface area (Å²) in [5, 5.41) is 16.4. The molecule has 1 heterocycles. The lowest BCUT2D eigenvalue weighted by atomic mass is 10.2. The lowest BCUT2D eigenvalue weighted by molar-refractivity contribution is 0.0940. The van der Waals surface area contributed by atoms with Crippen LogP contribution in [0.2, 0.25) is 0 Å². The minimum absolute atomic E-state index is 0.0732. The van der Waals surface area contributed by atoms with Crippen molar-refractivity contribution < 1.29 is 14.3 Å². The molecule has 0 unspecified atom stereocenters. The van der Waals surface area contributed by atoms with Crippen LogP contribution in [0.25, 0.3) is 5.69 Å². The lowest BCUT2D eigenvalue weighted by Gasteiger charge is -2.10. The summed E-state index contributed by atoms with van der Waals surface area (Å²) in [4.78, 5) is 24.5. The van der Waals surface area contributed by atoms with Gasteiger partial charge in [0.1, 0.15) is 5.82 Å². The Morgan fingerprint density at radius 3 is 2.69 bits per heavy atom. The van der Waals surface area contributed by atoms with Crippen molar-refractivity contribution in [2.45, 2.75) is 13.5 Å². The van der Waals surface area contributed by atoms with Gasteiger partial charge in [-0.15, -0.1) is 0 Å². The van der Waals surface area contributed by atoms with Gasteiger partial charge in [-0.2, -0.15) is 9.78 Å². The minimum Gasteiger partial charge on any atom is -0.505 e. The molecule has 1 aromatic heterocycles. The van der Waals surface area contributed by atoms with Gasteiger partial charge < -0.3 is 10.4 Å². The van der Waals surface area contributed by atoms with E-state index in [4.69, 9.17) is 0 Å². The topological polar surface area (TPSA) is 84.2 Å². The van der Waals surface area contributed by atoms with Gasteiger partial charge in [0, 0.05) is 18.2 Å². The molecule has 3 aromatic rings. The number of nitrogens with zero attached hydrogens (tertiary/aromatic N) is 2. The highest BCUT2D eigenvalue weighted by atomic mass is 19.1. The Morgan fingerprint density at radius 1 is 1.19 bits per heavy atom. The first-order valence-corrected chi connectivity index (χ1v) is 7.87. The molecule has 0 spiro atoms. The second-order valence-corrected chi connectivity index (χ2v) is 5.74. The normalized spacial score (nSPS) is 10.5. The molecule has 0 aliphatic heterocycles. The molecule has 2 aromatic carbocycles. The van der Waals surface area contributed by atoms with Crippen molar-refractivity contribution >= 4 is 5.91 Å². The quantitative estimate of drug-likeness (QED) is 0.754. The number of aromatic nitrogens is 2. The molecule has 0 aliphatic carbocycles. The summed E-state index contributed by atoms with van der Waals surface area (Å²) in [6.07, 6.45) is 0. The SMILES string of the molecule is Cc1cccc(-n2nc(C(=O)NCc3ccccc3F)c(O)cc2=O)c1. The van der Waals surface area contributed by atoms with Gasteiger partial charge in [-0.05, 0) is 30.7 Å². The van der Waals surface area contributed by atoms with Crippen molar-refractivity contribution in [1.29, 1.82) is 0 Å². The number of aromatic hydroxyl groups is 1. The van der Waals surface area contributed by atoms with Crippen molar-refractivity contribution in [3.05, 3.63) is 87.6 Å². The Hall–Kier alpha value is -3.48. The number of carbonyl (C=O) groups is 1. The molecule has 0 fully saturated rings. The van der Waals surface area contributed by atoms with Gasteiger partial charge in [-0.1, -0.05) is 30.3 Å². The molecule has 6 nitrogen and oxygen atoms in total. The summed E-state index contributed by atoms with van der Waals surface area (Å²) in [5.41, 5.74) is 0.793. The van der Waals surface area contributed by atoms with Crippen LogP contribution in [0, 0.1) is 12.7 Å². The van der Waals surface area contributed by atoms with Crippen molar-refractivity contribution in [3.63, 3.8) is 0 Å². The molecular formula is C19H16FN3O3. The molecule has 0 saturated heterocycles. The van der Waals surface area contributed by atoms with E-state index in [1.807, 2.05) is 13.0 Å². The van der Waals surface area contributed by atoms with E-state index in [-0.39, 0.29) is 12.2 Å². The van der Waals surface area contributed by atoms with Gasteiger partial charge in [0.2, 0.25) is 0 Å². The van der Waals surface area contributed by atoms with Crippen molar-refractivity contribution in [1.82, 2.24) is 15.1 Å². The maximum absolute atomic E-state index is 13.6. The first-order valence-electron chi connectivity index (χ1n) is 7.87. The zero-order chi connectivity index (χ0) is 18.7. The monoisotopic (exact) mass is 353 g/mol. The Balaban J connectivity index is 1.90. The predicted octanol–water partition coefficient (Wildman–Crippen LogP) is 2.32. The molecule has 7 heteroatoms. The summed E-state index contributed by atoms with van der Waals surface area (Å²) in [7, 11) is 0. The number of carbonyl (C=O) groups excluding carboxylic acids is 1. The maximum atomic E-state index is 13.6. The number of benzene rings is 2. The van der Waals surface area contributed by atoms with Crippen LogP contribution >= 0.6 is 0 Å². The second kappa shape index (κ2) is 7.18. The average Bonchev–Trinajstić information content (AvgIpc) is 2.61. The van der Waals surface area contributed by atoms with Crippen molar-refractivity contribution in [2.24, 2.45) is 0 Å². The number of amides is 1. The predicted molar refractivity (Wildman–Crippen MR) is 93.8 cm³/mol. The second-order valence-electron chi connectivity index (χ2n) is 5.74. The van der Waals surface area contributed by atoms with E-state index in [2.05, 4.69) is 10.4 Å². The van der Waals surface area contributed by atoms with Crippen LogP contribution in [-0.4, -0.2) is 20.8 Å². The zero-order valence-electron chi connectivity index (χ0n) is 13.9. The Bertz CT molecular complexity index is 1030. The molecule has 0 aliphatic rings. The molecule has 26 heavy (non-hydrogen) atoms. The van der Waals surface area contributed by atoms with E-state index in [1.165, 1.54) is 12.1 Å². The highest BCUT2D eigenvalue weighted by molar-refractivity contribution is 5.94. The summed E-state index contributed by atoms with van der Waals surface area (Å²) >= 11 is 0. The molecule has 0 bridgehead atoms. The average molecular weight is 353 g/mol. The zero-order valence-corrected chi connectivity index (χ0v) is 13.9. The van der Waals surface area contributed by atoms with E-state index in [9.17, 15) is 19.1 Å². The van der Waals surface area contributed by atoms with E-state index in [0.717, 1.165) is 16.3 Å². The fraction of sp³-hybridized carbons (Fsp3) is 0.105. The highest BCUT2D eigenvalue weighted by Crippen LogP contribution is 2.14. The molecule has 0 atom stereocenters. The maximum Gasteiger partial charge on any atom is 0.275 e.